The number of aliphatic hydroxyl groups is 2. The fourth-order valence-corrected chi connectivity index (χ4v) is 3.91. The third-order valence-corrected chi connectivity index (χ3v) is 5.61. The van der Waals surface area contributed by atoms with Gasteiger partial charge in [-0.1, -0.05) is 12.1 Å². The molecule has 0 aromatic heterocycles. The van der Waals surface area contributed by atoms with Crippen LogP contribution >= 0.6 is 0 Å². The Hall–Kier alpha value is -3.01. The number of ether oxygens (including phenoxy) is 5. The number of hydrogen-bond acceptors (Lipinski definition) is 9. The molecule has 2 aromatic carbocycles. The molecule has 1 unspecified atom stereocenters. The average Bonchev–Trinajstić information content (AvgIpc) is 3.17. The van der Waals surface area contributed by atoms with Crippen LogP contribution in [0.25, 0.3) is 0 Å². The lowest BCUT2D eigenvalue weighted by Gasteiger charge is -2.19. The van der Waals surface area contributed by atoms with E-state index < -0.39 is 6.41 Å². The maximum atomic E-state index is 12.5. The lowest BCUT2D eigenvalue weighted by molar-refractivity contribution is -0.141. The first-order chi connectivity index (χ1) is 16.0. The number of carbonyl (C=O) groups is 1. The predicted octanol–water partition coefficient (Wildman–Crippen LogP) is 1.52. The molecule has 0 saturated carbocycles. The number of nitrogens with one attached hydrogen (secondary N) is 1. The van der Waals surface area contributed by atoms with Gasteiger partial charge in [0.1, 0.15) is 0 Å². The smallest absolute Gasteiger partial charge is 0.309 e. The fraction of sp³-hybridized carbons (Fsp3) is 0.458. The molecule has 0 bridgehead atoms. The van der Waals surface area contributed by atoms with Crippen molar-refractivity contribution in [1.82, 2.24) is 5.32 Å². The molecule has 180 valence electrons. The van der Waals surface area contributed by atoms with Crippen molar-refractivity contribution in [3.63, 3.8) is 0 Å². The number of carbonyl (C=O) groups excluding carboxylic acids is 1. The lowest BCUT2D eigenvalue weighted by atomic mass is 9.85. The van der Waals surface area contributed by atoms with Crippen molar-refractivity contribution in [2.75, 3.05) is 41.1 Å². The summed E-state index contributed by atoms with van der Waals surface area (Å²) in [7, 11) is 4.69. The van der Waals surface area contributed by atoms with Gasteiger partial charge in [0.25, 0.3) is 6.41 Å². The number of esters is 1. The normalized spacial score (nSPS) is 18.5. The summed E-state index contributed by atoms with van der Waals surface area (Å²) in [5, 5.41) is 21.3. The van der Waals surface area contributed by atoms with E-state index >= 15 is 0 Å². The first-order valence-electron chi connectivity index (χ1n) is 10.7. The second-order valence-corrected chi connectivity index (χ2v) is 7.73. The molecule has 1 aliphatic heterocycles. The number of methoxy groups -OCH3 is 3. The molecule has 2 aromatic rings. The standard InChI is InChI=1S/C24H31NO8/c1-29-19-6-4-15(12-21(19)30-2)10-17-14-32-23(27)18(17)11-16-5-7-20(22(13-16)31-3)33-24(28)25-8-9-26/h4-7,12-13,17-18,24-26,28H,8-11,14H2,1-3H3/t17-,18+,24?/m0/s1. The molecule has 33 heavy (non-hydrogen) atoms. The molecule has 1 aliphatic rings. The molecule has 0 spiro atoms. The van der Waals surface area contributed by atoms with Crippen LogP contribution in [0.2, 0.25) is 0 Å². The zero-order valence-corrected chi connectivity index (χ0v) is 19.1. The molecule has 3 N–H and O–H groups in total. The molecule has 0 aliphatic carbocycles. The Morgan fingerprint density at radius 2 is 1.58 bits per heavy atom. The fourth-order valence-electron chi connectivity index (χ4n) is 3.91. The Balaban J connectivity index is 1.71. The van der Waals surface area contributed by atoms with Gasteiger partial charge in [0, 0.05) is 12.5 Å². The van der Waals surface area contributed by atoms with E-state index in [9.17, 15) is 9.90 Å². The maximum absolute atomic E-state index is 12.5. The van der Waals surface area contributed by atoms with Crippen LogP contribution in [0.15, 0.2) is 36.4 Å². The van der Waals surface area contributed by atoms with Gasteiger partial charge in [-0.05, 0) is 48.2 Å². The molecule has 1 fully saturated rings. The van der Waals surface area contributed by atoms with Crippen molar-refractivity contribution in [1.29, 1.82) is 0 Å². The van der Waals surface area contributed by atoms with Crippen LogP contribution in [-0.4, -0.2) is 63.7 Å². The molecule has 3 atom stereocenters. The van der Waals surface area contributed by atoms with Crippen LogP contribution in [0.4, 0.5) is 0 Å². The second-order valence-electron chi connectivity index (χ2n) is 7.73. The van der Waals surface area contributed by atoms with Crippen molar-refractivity contribution >= 4 is 5.97 Å². The Morgan fingerprint density at radius 1 is 0.970 bits per heavy atom. The van der Waals surface area contributed by atoms with Gasteiger partial charge < -0.3 is 33.9 Å². The SMILES string of the molecule is COc1ccc(C[C@H]2COC(=O)[C@@H]2Cc2ccc(OC(O)NCCO)c(OC)c2)cc1OC. The average molecular weight is 462 g/mol. The molecule has 0 radical (unpaired) electrons. The van der Waals surface area contributed by atoms with E-state index in [0.29, 0.717) is 42.4 Å². The lowest BCUT2D eigenvalue weighted by Crippen LogP contribution is -2.36. The predicted molar refractivity (Wildman–Crippen MR) is 120 cm³/mol. The van der Waals surface area contributed by atoms with Crippen molar-refractivity contribution in [3.8, 4) is 23.0 Å². The first-order valence-corrected chi connectivity index (χ1v) is 10.7. The van der Waals surface area contributed by atoms with E-state index in [1.807, 2.05) is 24.3 Å². The molecule has 1 saturated heterocycles. The minimum Gasteiger partial charge on any atom is -0.493 e. The van der Waals surface area contributed by atoms with Crippen LogP contribution in [0.3, 0.4) is 0 Å². The molecule has 9 heteroatoms. The van der Waals surface area contributed by atoms with E-state index in [-0.39, 0.29) is 31.0 Å². The summed E-state index contributed by atoms with van der Waals surface area (Å²) >= 11 is 0. The Kier molecular flexibility index (Phi) is 8.76. The van der Waals surface area contributed by atoms with E-state index in [0.717, 1.165) is 11.1 Å². The number of rotatable bonds is 12. The summed E-state index contributed by atoms with van der Waals surface area (Å²) in [5.41, 5.74) is 1.92. The van der Waals surface area contributed by atoms with E-state index in [2.05, 4.69) is 5.32 Å². The van der Waals surface area contributed by atoms with Crippen molar-refractivity contribution in [2.24, 2.45) is 11.8 Å². The minimum absolute atomic E-state index is 0.0158. The van der Waals surface area contributed by atoms with Gasteiger partial charge in [-0.15, -0.1) is 0 Å². The van der Waals surface area contributed by atoms with E-state index in [1.54, 1.807) is 26.4 Å². The highest BCUT2D eigenvalue weighted by Crippen LogP contribution is 2.35. The molecular weight excluding hydrogens is 430 g/mol. The molecule has 1 heterocycles. The second kappa shape index (κ2) is 11.7. The highest BCUT2D eigenvalue weighted by atomic mass is 16.6. The van der Waals surface area contributed by atoms with Gasteiger partial charge in [-0.2, -0.15) is 0 Å². The van der Waals surface area contributed by atoms with Crippen LogP contribution in [0.5, 0.6) is 23.0 Å². The molecule has 9 nitrogen and oxygen atoms in total. The number of cyclic esters (lactones) is 1. The first kappa shape index (κ1) is 24.6. The zero-order valence-electron chi connectivity index (χ0n) is 19.1. The summed E-state index contributed by atoms with van der Waals surface area (Å²) in [6.07, 6.45) is -0.135. The number of hydrogen-bond donors (Lipinski definition) is 3. The Labute approximate surface area is 193 Å². The zero-order chi connectivity index (χ0) is 23.8. The molecular formula is C24H31NO8. The number of benzene rings is 2. The summed E-state index contributed by atoms with van der Waals surface area (Å²) in [5.74, 6) is 1.57. The maximum Gasteiger partial charge on any atom is 0.309 e. The monoisotopic (exact) mass is 461 g/mol. The summed E-state index contributed by atoms with van der Waals surface area (Å²) < 4.78 is 26.9. The van der Waals surface area contributed by atoms with Crippen molar-refractivity contribution in [2.45, 2.75) is 19.3 Å². The van der Waals surface area contributed by atoms with Crippen molar-refractivity contribution in [3.05, 3.63) is 47.5 Å². The minimum atomic E-state index is -1.28. The Morgan fingerprint density at radius 3 is 2.21 bits per heavy atom. The van der Waals surface area contributed by atoms with Crippen LogP contribution < -0.4 is 24.3 Å². The van der Waals surface area contributed by atoms with Gasteiger partial charge >= 0.3 is 5.97 Å². The summed E-state index contributed by atoms with van der Waals surface area (Å²) in [4.78, 5) is 12.5. The molecule has 3 rings (SSSR count). The van der Waals surface area contributed by atoms with Crippen LogP contribution in [-0.2, 0) is 22.4 Å². The van der Waals surface area contributed by atoms with Gasteiger partial charge in [-0.3, -0.25) is 10.1 Å². The largest absolute Gasteiger partial charge is 0.493 e. The van der Waals surface area contributed by atoms with Crippen LogP contribution in [0.1, 0.15) is 11.1 Å². The topological polar surface area (TPSA) is 116 Å². The van der Waals surface area contributed by atoms with Crippen LogP contribution in [0, 0.1) is 11.8 Å². The van der Waals surface area contributed by atoms with E-state index in [1.165, 1.54) is 7.11 Å². The van der Waals surface area contributed by atoms with Crippen molar-refractivity contribution < 1.29 is 38.7 Å². The van der Waals surface area contributed by atoms with Gasteiger partial charge in [0.15, 0.2) is 23.0 Å². The molecule has 0 amide bonds. The Bertz CT molecular complexity index is 935. The highest BCUT2D eigenvalue weighted by molar-refractivity contribution is 5.75. The quantitative estimate of drug-likeness (QED) is 0.320. The van der Waals surface area contributed by atoms with Gasteiger partial charge in [-0.25, -0.2) is 0 Å². The summed E-state index contributed by atoms with van der Waals surface area (Å²) in [6, 6.07) is 11.0. The van der Waals surface area contributed by atoms with E-state index in [4.69, 9.17) is 28.8 Å². The third-order valence-electron chi connectivity index (χ3n) is 5.61. The van der Waals surface area contributed by atoms with Gasteiger partial charge in [0.2, 0.25) is 0 Å². The third kappa shape index (κ3) is 6.28. The summed E-state index contributed by atoms with van der Waals surface area (Å²) in [6.45, 7) is 0.421. The van der Waals surface area contributed by atoms with Gasteiger partial charge in [0.05, 0.1) is 40.5 Å². The number of aliphatic hydroxyl groups excluding tert-OH is 2. The highest BCUT2D eigenvalue weighted by Gasteiger charge is 2.37.